The Kier molecular flexibility index (Phi) is 11.8. The Bertz CT molecular complexity index is 2360. The Morgan fingerprint density at radius 2 is 1.11 bits per heavy atom. The van der Waals surface area contributed by atoms with Crippen LogP contribution in [-0.4, -0.2) is 69.4 Å². The molecule has 0 N–H and O–H groups in total. The summed E-state index contributed by atoms with van der Waals surface area (Å²) in [6, 6.07) is 11.5. The van der Waals surface area contributed by atoms with Crippen molar-refractivity contribution < 1.29 is 36.9 Å². The van der Waals surface area contributed by atoms with Crippen LogP contribution < -0.4 is 0 Å². The van der Waals surface area contributed by atoms with Gasteiger partial charge in [-0.2, -0.15) is 8.78 Å². The van der Waals surface area contributed by atoms with Gasteiger partial charge in [-0.25, -0.2) is 9.36 Å². The van der Waals surface area contributed by atoms with Crippen LogP contribution in [-0.2, 0) is 28.1 Å². The van der Waals surface area contributed by atoms with Crippen molar-refractivity contribution in [3.05, 3.63) is 64.9 Å². The lowest BCUT2D eigenvalue weighted by Gasteiger charge is -2.33. The number of hydrogen-bond donors (Lipinski definition) is 0. The molecule has 0 radical (unpaired) electrons. The maximum Gasteiger partial charge on any atom is 0.494 e. The average molecular weight is 851 g/mol. The Labute approximate surface area is 366 Å². The Morgan fingerprint density at radius 1 is 0.613 bits per heavy atom. The number of fused-ring (bicyclic) bond motifs is 2. The Morgan fingerprint density at radius 3 is 1.58 bits per heavy atom. The summed E-state index contributed by atoms with van der Waals surface area (Å²) in [6.45, 7) is 17.9. The summed E-state index contributed by atoms with van der Waals surface area (Å²) in [5, 5.41) is 9.33. The molecule has 4 aromatic rings. The normalized spacial score (nSPS) is 26.0. The van der Waals surface area contributed by atoms with Crippen LogP contribution in [0.1, 0.15) is 156 Å². The zero-order valence-corrected chi connectivity index (χ0v) is 37.8. The minimum absolute atomic E-state index is 0.146. The molecule has 14 heteroatoms. The lowest BCUT2D eigenvalue weighted by Crippen LogP contribution is -2.41. The molecule has 2 aromatic heterocycles. The van der Waals surface area contributed by atoms with Gasteiger partial charge in [-0.05, 0) is 172 Å². The number of halogens is 2. The van der Waals surface area contributed by atoms with Crippen LogP contribution in [0.25, 0.3) is 27.3 Å². The minimum Gasteiger partial charge on any atom is -0.400 e. The van der Waals surface area contributed by atoms with Crippen LogP contribution in [0.3, 0.4) is 0 Å². The van der Waals surface area contributed by atoms with Crippen LogP contribution in [0.15, 0.2) is 41.9 Å². The molecule has 10 nitrogen and oxygen atoms in total. The van der Waals surface area contributed by atoms with E-state index < -0.39 is 48.5 Å². The molecule has 0 bridgehead atoms. The van der Waals surface area contributed by atoms with Gasteiger partial charge in [-0.1, -0.05) is 30.7 Å². The summed E-state index contributed by atoms with van der Waals surface area (Å²) in [5.41, 5.74) is 3.07. The largest absolute Gasteiger partial charge is 0.494 e. The SMILES string of the molecule is CC1(C)OB(/C(=C(\B2OC(C)(C)C(C)(C)O2)C2CCC2)c2ccc3c(c2)c(F)nn3C2CCCCO2)OC1(C)C.Fc1nn(C2CCCCO2)c2ccc(C#CC3CCC3)cc12. The molecule has 10 rings (SSSR count). The molecule has 2 aromatic carbocycles. The van der Waals surface area contributed by atoms with Crippen molar-refractivity contribution in [2.75, 3.05) is 13.2 Å². The van der Waals surface area contributed by atoms with Crippen molar-refractivity contribution in [3.8, 4) is 11.8 Å². The van der Waals surface area contributed by atoms with Gasteiger partial charge in [-0.3, -0.25) is 0 Å². The van der Waals surface area contributed by atoms with Crippen LogP contribution >= 0.6 is 0 Å². The zero-order valence-electron chi connectivity index (χ0n) is 37.8. The number of ether oxygens (including phenoxy) is 2. The molecule has 62 heavy (non-hydrogen) atoms. The molecule has 6 fully saturated rings. The highest BCUT2D eigenvalue weighted by Crippen LogP contribution is 2.49. The monoisotopic (exact) mass is 850 g/mol. The third-order valence-electron chi connectivity index (χ3n) is 14.9. The van der Waals surface area contributed by atoms with Crippen molar-refractivity contribution in [2.24, 2.45) is 11.8 Å². The third-order valence-corrected chi connectivity index (χ3v) is 14.9. The smallest absolute Gasteiger partial charge is 0.400 e. The van der Waals surface area contributed by atoms with E-state index in [1.807, 2.05) is 36.4 Å². The summed E-state index contributed by atoms with van der Waals surface area (Å²) in [4.78, 5) is 0. The van der Waals surface area contributed by atoms with Gasteiger partial charge in [-0.15, -0.1) is 10.2 Å². The van der Waals surface area contributed by atoms with Gasteiger partial charge in [0.15, 0.2) is 12.5 Å². The van der Waals surface area contributed by atoms with E-state index in [0.717, 1.165) is 97.5 Å². The minimum atomic E-state index is -0.656. The van der Waals surface area contributed by atoms with Crippen LogP contribution in [0.5, 0.6) is 0 Å². The van der Waals surface area contributed by atoms with E-state index in [2.05, 4.69) is 77.4 Å². The molecule has 4 aliphatic heterocycles. The van der Waals surface area contributed by atoms with E-state index >= 15 is 4.39 Å². The highest BCUT2D eigenvalue weighted by molar-refractivity contribution is 6.74. The number of hydrogen-bond acceptors (Lipinski definition) is 8. The number of nitrogens with zero attached hydrogens (tertiary/aromatic N) is 4. The summed E-state index contributed by atoms with van der Waals surface area (Å²) in [5.74, 6) is 6.29. The van der Waals surface area contributed by atoms with Gasteiger partial charge in [0, 0.05) is 24.7 Å². The summed E-state index contributed by atoms with van der Waals surface area (Å²) >= 11 is 0. The first kappa shape index (κ1) is 43.7. The van der Waals surface area contributed by atoms with Crippen molar-refractivity contribution >= 4 is 41.5 Å². The maximum atomic E-state index is 15.5. The summed E-state index contributed by atoms with van der Waals surface area (Å²) in [6.07, 6.45) is 12.4. The van der Waals surface area contributed by atoms with Gasteiger partial charge < -0.3 is 28.1 Å². The standard InChI is InChI=1S/C30H43B2FN2O5.C18H19FN2O/c1-27(2)28(3,4)38-31(37-27)24(19-12-11-13-19)25(32-39-29(5,6)30(7,8)40-32)20-15-16-22-21(18-20)26(33)34-35(22)23-14-9-10-17-36-23;19-18-15-12-14(8-7-13-4-3-5-13)9-10-16(15)21(20-18)17-6-1-2-11-22-17/h15-16,18-19,23H,9-14,17H2,1-8H3;9-10,12-13,17H,1-6,11H2/b25-24-;. The van der Waals surface area contributed by atoms with Gasteiger partial charge in [0.2, 0.25) is 11.9 Å². The van der Waals surface area contributed by atoms with Crippen LogP contribution in [0, 0.1) is 35.6 Å². The van der Waals surface area contributed by atoms with Gasteiger partial charge in [0.1, 0.15) is 0 Å². The summed E-state index contributed by atoms with van der Waals surface area (Å²) < 4.78 is 71.3. The first-order chi connectivity index (χ1) is 29.5. The second-order valence-electron chi connectivity index (χ2n) is 20.1. The highest BCUT2D eigenvalue weighted by atomic mass is 19.1. The van der Waals surface area contributed by atoms with Gasteiger partial charge >= 0.3 is 14.2 Å². The number of rotatable bonds is 6. The third kappa shape index (κ3) is 8.20. The number of aromatic nitrogens is 4. The molecule has 2 aliphatic carbocycles. The number of benzene rings is 2. The number of allylic oxidation sites excluding steroid dienone is 1. The molecule has 0 spiro atoms. The Hall–Kier alpha value is -3.57. The van der Waals surface area contributed by atoms with Crippen LogP contribution in [0.4, 0.5) is 8.78 Å². The molecule has 2 unspecified atom stereocenters. The fraction of sp³-hybridized carbons (Fsp3) is 0.625. The molecule has 2 atom stereocenters. The highest BCUT2D eigenvalue weighted by Gasteiger charge is 2.58. The first-order valence-corrected chi connectivity index (χ1v) is 23.1. The maximum absolute atomic E-state index is 15.5. The van der Waals surface area contributed by atoms with Gasteiger partial charge in [0.25, 0.3) is 0 Å². The van der Waals surface area contributed by atoms with Crippen molar-refractivity contribution in [3.63, 3.8) is 0 Å². The van der Waals surface area contributed by atoms with E-state index in [-0.39, 0.29) is 18.4 Å². The molecular formula is C48H62B2F2N4O6. The molecule has 6 aliphatic rings. The lowest BCUT2D eigenvalue weighted by atomic mass is 9.55. The van der Waals surface area contributed by atoms with Gasteiger partial charge in [0.05, 0.1) is 44.2 Å². The van der Waals surface area contributed by atoms with Crippen molar-refractivity contribution in [2.45, 2.75) is 167 Å². The fourth-order valence-corrected chi connectivity index (χ4v) is 9.09. The van der Waals surface area contributed by atoms with E-state index in [4.69, 9.17) is 28.1 Å². The van der Waals surface area contributed by atoms with Crippen molar-refractivity contribution in [1.82, 2.24) is 19.6 Å². The molecule has 0 amide bonds. The average Bonchev–Trinajstić information content (AvgIpc) is 3.85. The van der Waals surface area contributed by atoms with E-state index in [1.54, 1.807) is 9.36 Å². The summed E-state index contributed by atoms with van der Waals surface area (Å²) in [7, 11) is -1.21. The van der Waals surface area contributed by atoms with E-state index in [1.165, 1.54) is 19.3 Å². The van der Waals surface area contributed by atoms with Crippen LogP contribution in [0.2, 0.25) is 0 Å². The molecule has 6 heterocycles. The predicted octanol–water partition coefficient (Wildman–Crippen LogP) is 10.7. The topological polar surface area (TPSA) is 91.0 Å². The van der Waals surface area contributed by atoms with E-state index in [0.29, 0.717) is 23.3 Å². The predicted molar refractivity (Wildman–Crippen MR) is 238 cm³/mol. The first-order valence-electron chi connectivity index (χ1n) is 23.1. The molecular weight excluding hydrogens is 788 g/mol. The quantitative estimate of drug-likeness (QED) is 0.140. The molecule has 4 saturated heterocycles. The fourth-order valence-electron chi connectivity index (χ4n) is 9.09. The molecule has 330 valence electrons. The zero-order chi connectivity index (χ0) is 43.6. The second-order valence-corrected chi connectivity index (χ2v) is 20.1. The Balaban J connectivity index is 0.000000187. The second kappa shape index (κ2) is 16.8. The van der Waals surface area contributed by atoms with E-state index in [9.17, 15) is 4.39 Å². The van der Waals surface area contributed by atoms with Crippen molar-refractivity contribution in [1.29, 1.82) is 0 Å². The lowest BCUT2D eigenvalue weighted by molar-refractivity contribution is -0.0376. The molecule has 2 saturated carbocycles.